The van der Waals surface area contributed by atoms with E-state index in [1.165, 1.54) is 4.90 Å². The first kappa shape index (κ1) is 8.46. The summed E-state index contributed by atoms with van der Waals surface area (Å²) < 4.78 is 17.2. The van der Waals surface area contributed by atoms with E-state index < -0.39 is 6.36 Å². The highest BCUT2D eigenvalue weighted by atomic mass is 19.1. The molecule has 1 atom stereocenters. The minimum atomic E-state index is -1.29. The summed E-state index contributed by atoms with van der Waals surface area (Å²) in [5.41, 5.74) is 0. The largest absolute Gasteiger partial charge is 0.345 e. The van der Waals surface area contributed by atoms with Gasteiger partial charge in [-0.25, -0.2) is 4.39 Å². The van der Waals surface area contributed by atoms with E-state index >= 15 is 0 Å². The lowest BCUT2D eigenvalue weighted by Gasteiger charge is -2.28. The van der Waals surface area contributed by atoms with E-state index in [-0.39, 0.29) is 12.5 Å². The second-order valence-electron chi connectivity index (χ2n) is 2.47. The number of hydrogen-bond acceptors (Lipinski definition) is 2. The molecule has 1 unspecified atom stereocenters. The van der Waals surface area contributed by atoms with Gasteiger partial charge in [-0.2, -0.15) is 0 Å². The zero-order valence-corrected chi connectivity index (χ0v) is 6.55. The quantitative estimate of drug-likeness (QED) is 0.562. The van der Waals surface area contributed by atoms with Crippen molar-refractivity contribution in [2.75, 3.05) is 19.7 Å². The highest BCUT2D eigenvalue weighted by Gasteiger charge is 2.21. The zero-order valence-electron chi connectivity index (χ0n) is 6.55. The van der Waals surface area contributed by atoms with Crippen molar-refractivity contribution < 1.29 is 13.9 Å². The first-order valence-electron chi connectivity index (χ1n) is 3.77. The van der Waals surface area contributed by atoms with Gasteiger partial charge >= 0.3 is 0 Å². The minimum absolute atomic E-state index is 0.00375. The molecule has 1 heterocycles. The summed E-state index contributed by atoms with van der Waals surface area (Å²) in [6.45, 7) is 2.69. The predicted octanol–water partition coefficient (Wildman–Crippen LogP) is 0.551. The van der Waals surface area contributed by atoms with E-state index in [0.29, 0.717) is 19.6 Å². The number of rotatable bonds is 1. The van der Waals surface area contributed by atoms with Gasteiger partial charge in [0.2, 0.25) is 12.3 Å². The average Bonchev–Trinajstić information content (AvgIpc) is 2.03. The molecule has 0 bridgehead atoms. The average molecular weight is 161 g/mol. The lowest BCUT2D eigenvalue weighted by molar-refractivity contribution is -0.147. The minimum Gasteiger partial charge on any atom is -0.345 e. The topological polar surface area (TPSA) is 29.5 Å². The fourth-order valence-corrected chi connectivity index (χ4v) is 1.06. The number of carbonyl (C=O) groups is 1. The van der Waals surface area contributed by atoms with Crippen molar-refractivity contribution in [2.45, 2.75) is 19.7 Å². The van der Waals surface area contributed by atoms with Gasteiger partial charge in [0.05, 0.1) is 13.2 Å². The normalized spacial score (nSPS) is 25.3. The number of nitrogens with zero attached hydrogens (tertiary/aromatic N) is 1. The second kappa shape index (κ2) is 3.67. The summed E-state index contributed by atoms with van der Waals surface area (Å²) in [7, 11) is 0. The maximum atomic E-state index is 12.5. The molecular weight excluding hydrogens is 149 g/mol. The zero-order chi connectivity index (χ0) is 8.27. The highest BCUT2D eigenvalue weighted by Crippen LogP contribution is 2.06. The van der Waals surface area contributed by atoms with Crippen molar-refractivity contribution in [1.82, 2.24) is 4.90 Å². The van der Waals surface area contributed by atoms with Crippen LogP contribution >= 0.6 is 0 Å². The van der Waals surface area contributed by atoms with Gasteiger partial charge in [0.25, 0.3) is 0 Å². The molecule has 0 aromatic heterocycles. The highest BCUT2D eigenvalue weighted by molar-refractivity contribution is 5.75. The summed E-state index contributed by atoms with van der Waals surface area (Å²) in [5, 5.41) is 0. The van der Waals surface area contributed by atoms with Crippen LogP contribution < -0.4 is 0 Å². The van der Waals surface area contributed by atoms with Crippen LogP contribution in [0.4, 0.5) is 4.39 Å². The second-order valence-corrected chi connectivity index (χ2v) is 2.47. The monoisotopic (exact) mass is 161 g/mol. The standard InChI is InChI=1S/C7H12FNO2/c1-2-7(10)9-3-4-11-6(8)5-9/h6H,2-5H2,1H3. The van der Waals surface area contributed by atoms with Crippen LogP contribution in [0.2, 0.25) is 0 Å². The third-order valence-corrected chi connectivity index (χ3v) is 1.68. The third-order valence-electron chi connectivity index (χ3n) is 1.68. The summed E-state index contributed by atoms with van der Waals surface area (Å²) in [6, 6.07) is 0. The number of hydrogen-bond donors (Lipinski definition) is 0. The smallest absolute Gasteiger partial charge is 0.222 e. The number of morpholine rings is 1. The van der Waals surface area contributed by atoms with E-state index in [2.05, 4.69) is 4.74 Å². The van der Waals surface area contributed by atoms with Gasteiger partial charge in [0.1, 0.15) is 0 Å². The van der Waals surface area contributed by atoms with Gasteiger partial charge in [-0.1, -0.05) is 6.92 Å². The Morgan fingerprint density at radius 2 is 2.55 bits per heavy atom. The molecule has 11 heavy (non-hydrogen) atoms. The molecule has 4 heteroatoms. The number of halogens is 1. The Hall–Kier alpha value is -0.640. The van der Waals surface area contributed by atoms with Crippen LogP contribution in [-0.4, -0.2) is 36.9 Å². The van der Waals surface area contributed by atoms with Gasteiger partial charge in [0.15, 0.2) is 0 Å². The number of amides is 1. The van der Waals surface area contributed by atoms with E-state index in [4.69, 9.17) is 0 Å². The van der Waals surface area contributed by atoms with Crippen molar-refractivity contribution in [3.05, 3.63) is 0 Å². The fraction of sp³-hybridized carbons (Fsp3) is 0.857. The molecule has 0 aromatic rings. The molecule has 0 spiro atoms. The summed E-state index contributed by atoms with van der Waals surface area (Å²) in [6.07, 6.45) is -0.855. The molecule has 1 saturated heterocycles. The van der Waals surface area contributed by atoms with E-state index in [9.17, 15) is 9.18 Å². The lowest BCUT2D eigenvalue weighted by atomic mass is 10.3. The number of alkyl halides is 1. The summed E-state index contributed by atoms with van der Waals surface area (Å²) in [4.78, 5) is 12.5. The third kappa shape index (κ3) is 2.15. The van der Waals surface area contributed by atoms with Gasteiger partial charge in [0, 0.05) is 13.0 Å². The van der Waals surface area contributed by atoms with E-state index in [1.54, 1.807) is 6.92 Å². The molecule has 1 amide bonds. The van der Waals surface area contributed by atoms with Crippen LogP contribution in [0.5, 0.6) is 0 Å². The van der Waals surface area contributed by atoms with Crippen molar-refractivity contribution in [1.29, 1.82) is 0 Å². The van der Waals surface area contributed by atoms with Crippen LogP contribution in [-0.2, 0) is 9.53 Å². The fourth-order valence-electron chi connectivity index (χ4n) is 1.06. The van der Waals surface area contributed by atoms with Crippen molar-refractivity contribution in [2.24, 2.45) is 0 Å². The Labute approximate surface area is 65.1 Å². The first-order valence-corrected chi connectivity index (χ1v) is 3.77. The molecule has 0 aromatic carbocycles. The maximum absolute atomic E-state index is 12.5. The molecule has 0 aliphatic carbocycles. The Kier molecular flexibility index (Phi) is 2.82. The lowest BCUT2D eigenvalue weighted by Crippen LogP contribution is -2.43. The molecule has 64 valence electrons. The van der Waals surface area contributed by atoms with E-state index in [0.717, 1.165) is 0 Å². The summed E-state index contributed by atoms with van der Waals surface area (Å²) in [5.74, 6) is -0.00375. The SMILES string of the molecule is CCC(=O)N1CCOC(F)C1. The first-order chi connectivity index (χ1) is 5.24. The Bertz CT molecular complexity index is 151. The van der Waals surface area contributed by atoms with Crippen LogP contribution in [0.1, 0.15) is 13.3 Å². The van der Waals surface area contributed by atoms with Gasteiger partial charge in [-0.05, 0) is 0 Å². The van der Waals surface area contributed by atoms with Gasteiger partial charge in [-0.3, -0.25) is 4.79 Å². The van der Waals surface area contributed by atoms with Crippen LogP contribution in [0.3, 0.4) is 0 Å². The number of ether oxygens (including phenoxy) is 1. The maximum Gasteiger partial charge on any atom is 0.222 e. The molecule has 0 N–H and O–H groups in total. The Balaban J connectivity index is 2.39. The molecule has 1 rings (SSSR count). The van der Waals surface area contributed by atoms with Crippen molar-refractivity contribution in [3.63, 3.8) is 0 Å². The van der Waals surface area contributed by atoms with Gasteiger partial charge < -0.3 is 9.64 Å². The summed E-state index contributed by atoms with van der Waals surface area (Å²) >= 11 is 0. The van der Waals surface area contributed by atoms with Crippen molar-refractivity contribution >= 4 is 5.91 Å². The van der Waals surface area contributed by atoms with Crippen LogP contribution in [0, 0.1) is 0 Å². The Morgan fingerprint density at radius 1 is 1.82 bits per heavy atom. The van der Waals surface area contributed by atoms with Crippen LogP contribution in [0.15, 0.2) is 0 Å². The Morgan fingerprint density at radius 3 is 3.09 bits per heavy atom. The molecule has 0 saturated carbocycles. The molecular formula is C7H12FNO2. The number of carbonyl (C=O) groups excluding carboxylic acids is 1. The molecule has 0 radical (unpaired) electrons. The van der Waals surface area contributed by atoms with Gasteiger partial charge in [-0.15, -0.1) is 0 Å². The molecule has 3 nitrogen and oxygen atoms in total. The molecule has 1 aliphatic rings. The van der Waals surface area contributed by atoms with Crippen molar-refractivity contribution in [3.8, 4) is 0 Å². The molecule has 1 aliphatic heterocycles. The molecule has 1 fully saturated rings. The predicted molar refractivity (Wildman–Crippen MR) is 37.7 cm³/mol. The van der Waals surface area contributed by atoms with Crippen LogP contribution in [0.25, 0.3) is 0 Å². The van der Waals surface area contributed by atoms with E-state index in [1.807, 2.05) is 0 Å².